The maximum atomic E-state index is 6.04. The number of halogens is 4. The van der Waals surface area contributed by atoms with Crippen LogP contribution >= 0.6 is 46.4 Å². The minimum atomic E-state index is 0.204. The van der Waals surface area contributed by atoms with Crippen LogP contribution in [0.15, 0.2) is 24.3 Å². The zero-order chi connectivity index (χ0) is 13.3. The molecule has 0 aliphatic rings. The van der Waals surface area contributed by atoms with Crippen molar-refractivity contribution in [1.29, 1.82) is 0 Å². The van der Waals surface area contributed by atoms with Crippen molar-refractivity contribution < 1.29 is 0 Å². The first-order valence-corrected chi connectivity index (χ1v) is 6.53. The molecule has 1 aromatic heterocycles. The molecule has 2 aromatic rings. The van der Waals surface area contributed by atoms with E-state index in [1.807, 2.05) is 19.1 Å². The highest BCUT2D eigenvalue weighted by molar-refractivity contribution is 6.43. The molecule has 1 heterocycles. The minimum Gasteiger partial charge on any atom is -0.339 e. The van der Waals surface area contributed by atoms with Crippen molar-refractivity contribution in [2.75, 3.05) is 5.32 Å². The van der Waals surface area contributed by atoms with Crippen LogP contribution in [-0.4, -0.2) is 4.98 Å². The molecular weight excluding hydrogens is 314 g/mol. The highest BCUT2D eigenvalue weighted by Gasteiger charge is 2.09. The van der Waals surface area contributed by atoms with E-state index in [0.29, 0.717) is 20.9 Å². The van der Waals surface area contributed by atoms with Crippen molar-refractivity contribution in [2.24, 2.45) is 0 Å². The van der Waals surface area contributed by atoms with E-state index in [1.54, 1.807) is 12.1 Å². The maximum Gasteiger partial charge on any atom is 0.151 e. The molecule has 1 N–H and O–H groups in total. The highest BCUT2D eigenvalue weighted by Crippen LogP contribution is 2.31. The fraction of sp³-hybridized carbons (Fsp3) is 0.0833. The number of benzene rings is 1. The number of aryl methyl sites for hydroxylation is 1. The van der Waals surface area contributed by atoms with E-state index >= 15 is 0 Å². The Morgan fingerprint density at radius 1 is 1.00 bits per heavy atom. The lowest BCUT2D eigenvalue weighted by atomic mass is 10.2. The van der Waals surface area contributed by atoms with Gasteiger partial charge in [0.15, 0.2) is 5.82 Å². The molecule has 0 amide bonds. The van der Waals surface area contributed by atoms with Crippen LogP contribution in [0.25, 0.3) is 0 Å². The molecule has 0 atom stereocenters. The normalized spacial score (nSPS) is 10.5. The summed E-state index contributed by atoms with van der Waals surface area (Å²) in [6.07, 6.45) is 0. The molecule has 0 saturated heterocycles. The van der Waals surface area contributed by atoms with Crippen molar-refractivity contribution in [2.45, 2.75) is 6.92 Å². The van der Waals surface area contributed by atoms with Gasteiger partial charge in [-0.1, -0.05) is 46.4 Å². The van der Waals surface area contributed by atoms with Gasteiger partial charge in [-0.05, 0) is 36.8 Å². The predicted molar refractivity (Wildman–Crippen MR) is 78.7 cm³/mol. The van der Waals surface area contributed by atoms with Crippen LogP contribution in [0.1, 0.15) is 5.56 Å². The van der Waals surface area contributed by atoms with Crippen LogP contribution in [0, 0.1) is 6.92 Å². The molecule has 2 nitrogen and oxygen atoms in total. The first-order chi connectivity index (χ1) is 8.47. The summed E-state index contributed by atoms with van der Waals surface area (Å²) in [4.78, 5) is 4.09. The lowest BCUT2D eigenvalue weighted by Gasteiger charge is -2.11. The Labute approximate surface area is 125 Å². The first kappa shape index (κ1) is 13.8. The molecule has 0 fully saturated rings. The van der Waals surface area contributed by atoms with Gasteiger partial charge in [0.1, 0.15) is 5.15 Å². The predicted octanol–water partition coefficient (Wildman–Crippen LogP) is 5.75. The van der Waals surface area contributed by atoms with Gasteiger partial charge in [-0.2, -0.15) is 0 Å². The van der Waals surface area contributed by atoms with E-state index in [0.717, 1.165) is 11.3 Å². The van der Waals surface area contributed by atoms with Crippen molar-refractivity contribution in [3.8, 4) is 0 Å². The molecule has 0 aliphatic heterocycles. The summed E-state index contributed by atoms with van der Waals surface area (Å²) in [6.45, 7) is 1.93. The monoisotopic (exact) mass is 320 g/mol. The lowest BCUT2D eigenvalue weighted by Crippen LogP contribution is -1.97. The molecule has 6 heteroatoms. The van der Waals surface area contributed by atoms with Crippen LogP contribution in [0.2, 0.25) is 20.2 Å². The van der Waals surface area contributed by atoms with Gasteiger partial charge in [0.2, 0.25) is 0 Å². The van der Waals surface area contributed by atoms with E-state index in [1.165, 1.54) is 0 Å². The smallest absolute Gasteiger partial charge is 0.151 e. The fourth-order valence-electron chi connectivity index (χ4n) is 1.43. The topological polar surface area (TPSA) is 24.9 Å². The minimum absolute atomic E-state index is 0.204. The van der Waals surface area contributed by atoms with Gasteiger partial charge in [-0.3, -0.25) is 0 Å². The van der Waals surface area contributed by atoms with Crippen molar-refractivity contribution in [3.05, 3.63) is 50.0 Å². The van der Waals surface area contributed by atoms with Crippen LogP contribution in [0.5, 0.6) is 0 Å². The second-order valence-corrected chi connectivity index (χ2v) is 5.28. The lowest BCUT2D eigenvalue weighted by molar-refractivity contribution is 1.30. The van der Waals surface area contributed by atoms with Crippen molar-refractivity contribution >= 4 is 57.9 Å². The van der Waals surface area contributed by atoms with Gasteiger partial charge in [0.25, 0.3) is 0 Å². The molecule has 2 rings (SSSR count). The Hall–Kier alpha value is -0.670. The molecule has 18 heavy (non-hydrogen) atoms. The molecule has 0 radical (unpaired) electrons. The summed E-state index contributed by atoms with van der Waals surface area (Å²) in [5.74, 6) is 0.455. The van der Waals surface area contributed by atoms with Gasteiger partial charge in [0.05, 0.1) is 10.0 Å². The summed E-state index contributed by atoms with van der Waals surface area (Å²) >= 11 is 23.6. The first-order valence-electron chi connectivity index (χ1n) is 5.02. The molecule has 0 unspecified atom stereocenters. The molecule has 0 aliphatic carbocycles. The molecule has 0 bridgehead atoms. The second kappa shape index (κ2) is 5.54. The number of nitrogens with zero attached hydrogens (tertiary/aromatic N) is 1. The molecule has 0 saturated carbocycles. The zero-order valence-corrected chi connectivity index (χ0v) is 12.3. The van der Waals surface area contributed by atoms with Crippen LogP contribution in [0.3, 0.4) is 0 Å². The van der Waals surface area contributed by atoms with Crippen LogP contribution in [-0.2, 0) is 0 Å². The van der Waals surface area contributed by atoms with E-state index in [4.69, 9.17) is 46.4 Å². The van der Waals surface area contributed by atoms with Crippen LogP contribution < -0.4 is 5.32 Å². The number of rotatable bonds is 2. The second-order valence-electron chi connectivity index (χ2n) is 3.68. The summed E-state index contributed by atoms with van der Waals surface area (Å²) < 4.78 is 0. The van der Waals surface area contributed by atoms with Crippen molar-refractivity contribution in [1.82, 2.24) is 4.98 Å². The van der Waals surface area contributed by atoms with Crippen molar-refractivity contribution in [3.63, 3.8) is 0 Å². The highest BCUT2D eigenvalue weighted by atomic mass is 35.5. The number of hydrogen-bond acceptors (Lipinski definition) is 2. The fourth-order valence-corrected chi connectivity index (χ4v) is 2.20. The number of pyridine rings is 1. The third-order valence-electron chi connectivity index (χ3n) is 2.33. The number of aromatic nitrogens is 1. The maximum absolute atomic E-state index is 6.04. The van der Waals surface area contributed by atoms with E-state index in [-0.39, 0.29) is 5.15 Å². The summed E-state index contributed by atoms with van der Waals surface area (Å²) in [7, 11) is 0. The molecule has 94 valence electrons. The Morgan fingerprint density at radius 2 is 1.72 bits per heavy atom. The van der Waals surface area contributed by atoms with Gasteiger partial charge in [-0.25, -0.2) is 4.98 Å². The average molecular weight is 322 g/mol. The number of anilines is 2. The summed E-state index contributed by atoms with van der Waals surface area (Å²) in [6, 6.07) is 7.02. The van der Waals surface area contributed by atoms with Gasteiger partial charge < -0.3 is 5.32 Å². The van der Waals surface area contributed by atoms with Gasteiger partial charge in [-0.15, -0.1) is 0 Å². The molecular formula is C12H8Cl4N2. The van der Waals surface area contributed by atoms with Crippen LogP contribution in [0.4, 0.5) is 11.5 Å². The Morgan fingerprint density at radius 3 is 2.39 bits per heavy atom. The quantitative estimate of drug-likeness (QED) is 0.712. The molecule has 0 spiro atoms. The summed E-state index contributed by atoms with van der Waals surface area (Å²) in [5.41, 5.74) is 1.83. The largest absolute Gasteiger partial charge is 0.339 e. The standard InChI is InChI=1S/C12H8Cl4N2/c1-6-4-7(13)2-3-10(6)17-12-9(15)5-8(14)11(16)18-12/h2-5H,1H3,(H,17,18). The Kier molecular flexibility index (Phi) is 4.23. The Bertz CT molecular complexity index is 599. The summed E-state index contributed by atoms with van der Waals surface area (Å²) in [5, 5.41) is 4.69. The Balaban J connectivity index is 2.37. The van der Waals surface area contributed by atoms with E-state index in [2.05, 4.69) is 10.3 Å². The third-order valence-corrected chi connectivity index (χ3v) is 3.52. The van der Waals surface area contributed by atoms with E-state index in [9.17, 15) is 0 Å². The average Bonchev–Trinajstić information content (AvgIpc) is 2.29. The zero-order valence-electron chi connectivity index (χ0n) is 9.27. The third kappa shape index (κ3) is 3.01. The van der Waals surface area contributed by atoms with Gasteiger partial charge in [0, 0.05) is 10.7 Å². The number of nitrogens with one attached hydrogen (secondary N) is 1. The van der Waals surface area contributed by atoms with E-state index < -0.39 is 0 Å². The SMILES string of the molecule is Cc1cc(Cl)ccc1Nc1nc(Cl)c(Cl)cc1Cl. The van der Waals surface area contributed by atoms with Gasteiger partial charge >= 0.3 is 0 Å². The number of hydrogen-bond donors (Lipinski definition) is 1. The molecule has 1 aromatic carbocycles.